The van der Waals surface area contributed by atoms with E-state index < -0.39 is 43.3 Å². The molecule has 0 aromatic carbocycles. The first-order valence-electron chi connectivity index (χ1n) is 9.95. The third kappa shape index (κ3) is 5.39. The Labute approximate surface area is 174 Å². The predicted octanol–water partition coefficient (Wildman–Crippen LogP) is 1.93. The van der Waals surface area contributed by atoms with Crippen molar-refractivity contribution in [2.24, 2.45) is 5.92 Å². The number of nitrogens with zero attached hydrogens (tertiary/aromatic N) is 4. The van der Waals surface area contributed by atoms with Gasteiger partial charge in [-0.3, -0.25) is 14.6 Å². The minimum absolute atomic E-state index is 0.352. The summed E-state index contributed by atoms with van der Waals surface area (Å²) in [5.41, 5.74) is 0.981. The molecule has 1 N–H and O–H groups in total. The van der Waals surface area contributed by atoms with Crippen LogP contribution in [-0.2, 0) is 4.79 Å². The zero-order chi connectivity index (χ0) is 21.7. The number of piperidine rings is 1. The van der Waals surface area contributed by atoms with Crippen LogP contribution in [0, 0.1) is 17.2 Å². The van der Waals surface area contributed by atoms with Gasteiger partial charge in [0.2, 0.25) is 5.91 Å². The number of rotatable bonds is 5. The lowest BCUT2D eigenvalue weighted by molar-refractivity contribution is -0.131. The fourth-order valence-corrected chi connectivity index (χ4v) is 3.75. The Morgan fingerprint density at radius 2 is 2.13 bits per heavy atom. The van der Waals surface area contributed by atoms with E-state index >= 15 is 0 Å². The summed E-state index contributed by atoms with van der Waals surface area (Å²) in [4.78, 5) is 32.0. The van der Waals surface area contributed by atoms with Crippen LogP contribution >= 0.6 is 0 Å². The molecular formula is C21H25F2N5O2. The van der Waals surface area contributed by atoms with Gasteiger partial charge in [-0.15, -0.1) is 0 Å². The molecule has 1 aromatic heterocycles. The Bertz CT molecular complexity index is 859. The van der Waals surface area contributed by atoms with Crippen molar-refractivity contribution in [2.75, 3.05) is 33.2 Å². The molecule has 2 fully saturated rings. The van der Waals surface area contributed by atoms with E-state index in [4.69, 9.17) is 5.26 Å². The summed E-state index contributed by atoms with van der Waals surface area (Å²) in [6.07, 6.45) is 8.42. The van der Waals surface area contributed by atoms with Crippen LogP contribution in [0.2, 0.25) is 0 Å². The number of carbonyl (C=O) groups is 2. The minimum Gasteiger partial charge on any atom is -0.343 e. The van der Waals surface area contributed by atoms with Gasteiger partial charge in [0.15, 0.2) is 0 Å². The van der Waals surface area contributed by atoms with E-state index in [1.54, 1.807) is 18.3 Å². The highest BCUT2D eigenvalue weighted by Crippen LogP contribution is 2.31. The van der Waals surface area contributed by atoms with Gasteiger partial charge in [-0.25, -0.2) is 8.78 Å². The number of nitriles is 1. The summed E-state index contributed by atoms with van der Waals surface area (Å²) < 4.78 is 27.0. The number of amides is 2. The molecule has 0 spiro atoms. The van der Waals surface area contributed by atoms with E-state index in [1.165, 1.54) is 6.20 Å². The van der Waals surface area contributed by atoms with Crippen LogP contribution in [0.15, 0.2) is 24.5 Å². The number of aromatic nitrogens is 1. The normalized spacial score (nSPS) is 22.2. The Balaban J connectivity index is 1.61. The van der Waals surface area contributed by atoms with Crippen LogP contribution in [0.5, 0.6) is 0 Å². The maximum Gasteiger partial charge on any atom is 0.268 e. The molecule has 2 saturated heterocycles. The van der Waals surface area contributed by atoms with Gasteiger partial charge in [-0.05, 0) is 45.0 Å². The second-order valence-corrected chi connectivity index (χ2v) is 7.87. The van der Waals surface area contributed by atoms with Gasteiger partial charge < -0.3 is 15.1 Å². The molecule has 0 aliphatic carbocycles. The Hall–Kier alpha value is -2.86. The predicted molar refractivity (Wildman–Crippen MR) is 107 cm³/mol. The fourth-order valence-electron chi connectivity index (χ4n) is 3.75. The second-order valence-electron chi connectivity index (χ2n) is 7.87. The second kappa shape index (κ2) is 9.30. The van der Waals surface area contributed by atoms with Crippen molar-refractivity contribution in [3.8, 4) is 6.07 Å². The third-order valence-electron chi connectivity index (χ3n) is 5.55. The maximum absolute atomic E-state index is 13.5. The van der Waals surface area contributed by atoms with Gasteiger partial charge in [0.05, 0.1) is 19.2 Å². The first kappa shape index (κ1) is 21.8. The molecule has 1 unspecified atom stereocenters. The molecule has 7 nitrogen and oxygen atoms in total. The lowest BCUT2D eigenvalue weighted by atomic mass is 9.95. The number of halogens is 2. The third-order valence-corrected chi connectivity index (χ3v) is 5.55. The van der Waals surface area contributed by atoms with E-state index in [0.717, 1.165) is 30.8 Å². The summed E-state index contributed by atoms with van der Waals surface area (Å²) in [5.74, 6) is -3.85. The Morgan fingerprint density at radius 1 is 1.40 bits per heavy atom. The fraction of sp³-hybridized carbons (Fsp3) is 0.524. The maximum atomic E-state index is 13.5. The molecule has 3 heterocycles. The molecular weight excluding hydrogens is 392 g/mol. The van der Waals surface area contributed by atoms with Gasteiger partial charge in [0, 0.05) is 29.9 Å². The van der Waals surface area contributed by atoms with Crippen molar-refractivity contribution in [3.05, 3.63) is 35.7 Å². The van der Waals surface area contributed by atoms with Crippen molar-refractivity contribution in [1.82, 2.24) is 20.1 Å². The summed E-state index contributed by atoms with van der Waals surface area (Å²) in [6.45, 7) is 0.792. The summed E-state index contributed by atoms with van der Waals surface area (Å²) >= 11 is 0. The number of alkyl halides is 2. The van der Waals surface area contributed by atoms with Crippen LogP contribution < -0.4 is 5.32 Å². The van der Waals surface area contributed by atoms with Crippen molar-refractivity contribution in [3.63, 3.8) is 0 Å². The minimum atomic E-state index is -3.09. The van der Waals surface area contributed by atoms with Gasteiger partial charge >= 0.3 is 0 Å². The highest BCUT2D eigenvalue weighted by molar-refractivity contribution is 5.99. The number of likely N-dealkylation sites (tertiary alicyclic amines) is 2. The molecule has 0 bridgehead atoms. The largest absolute Gasteiger partial charge is 0.343 e. The summed E-state index contributed by atoms with van der Waals surface area (Å²) in [6, 6.07) is 2.09. The molecule has 0 saturated carbocycles. The summed E-state index contributed by atoms with van der Waals surface area (Å²) in [7, 11) is 2.09. The van der Waals surface area contributed by atoms with Crippen molar-refractivity contribution < 1.29 is 18.4 Å². The first-order chi connectivity index (χ1) is 14.3. The van der Waals surface area contributed by atoms with Crippen LogP contribution in [0.25, 0.3) is 6.08 Å². The molecule has 9 heteroatoms. The SMILES string of the molecule is CN1CCC(/C=C/c2cnccc2C(=O)NCC(=O)N2CC(F)(F)CC2C#N)CC1. The smallest absolute Gasteiger partial charge is 0.268 e. The molecule has 30 heavy (non-hydrogen) atoms. The number of hydrogen-bond acceptors (Lipinski definition) is 5. The average molecular weight is 417 g/mol. The summed E-state index contributed by atoms with van der Waals surface area (Å²) in [5, 5.41) is 11.5. The van der Waals surface area contributed by atoms with Crippen LogP contribution in [0.4, 0.5) is 8.78 Å². The van der Waals surface area contributed by atoms with E-state index in [0.29, 0.717) is 17.0 Å². The highest BCUT2D eigenvalue weighted by atomic mass is 19.3. The molecule has 1 atom stereocenters. The van der Waals surface area contributed by atoms with Gasteiger partial charge in [-0.1, -0.05) is 12.2 Å². The number of nitrogens with one attached hydrogen (secondary N) is 1. The van der Waals surface area contributed by atoms with Crippen LogP contribution in [0.1, 0.15) is 35.2 Å². The van der Waals surface area contributed by atoms with E-state index in [1.807, 2.05) is 6.08 Å². The Morgan fingerprint density at radius 3 is 2.83 bits per heavy atom. The zero-order valence-electron chi connectivity index (χ0n) is 16.9. The van der Waals surface area contributed by atoms with Gasteiger partial charge in [-0.2, -0.15) is 5.26 Å². The zero-order valence-corrected chi connectivity index (χ0v) is 16.9. The van der Waals surface area contributed by atoms with Crippen molar-refractivity contribution >= 4 is 17.9 Å². The standard InChI is InChI=1S/C21H25F2N5O2/c1-27-8-5-15(6-9-27)2-3-16-12-25-7-4-18(16)20(30)26-13-19(29)28-14-21(22,23)10-17(28)11-24/h2-4,7,12,15,17H,5-6,8-10,13-14H2,1H3,(H,26,30)/b3-2+. The van der Waals surface area contributed by atoms with Crippen LogP contribution in [0.3, 0.4) is 0 Å². The first-order valence-corrected chi connectivity index (χ1v) is 9.95. The van der Waals surface area contributed by atoms with E-state index in [-0.39, 0.29) is 0 Å². The molecule has 0 radical (unpaired) electrons. The van der Waals surface area contributed by atoms with Crippen LogP contribution in [-0.4, -0.2) is 71.8 Å². The van der Waals surface area contributed by atoms with Crippen molar-refractivity contribution in [2.45, 2.75) is 31.2 Å². The Kier molecular flexibility index (Phi) is 6.77. The number of carbonyl (C=O) groups excluding carboxylic acids is 2. The highest BCUT2D eigenvalue weighted by Gasteiger charge is 2.47. The molecule has 3 rings (SSSR count). The lowest BCUT2D eigenvalue weighted by Crippen LogP contribution is -2.43. The molecule has 2 aliphatic heterocycles. The monoisotopic (exact) mass is 417 g/mol. The average Bonchev–Trinajstić information content (AvgIpc) is 3.06. The van der Waals surface area contributed by atoms with E-state index in [9.17, 15) is 18.4 Å². The number of pyridine rings is 1. The van der Waals surface area contributed by atoms with E-state index in [2.05, 4.69) is 28.3 Å². The molecule has 160 valence electrons. The quantitative estimate of drug-likeness (QED) is 0.791. The van der Waals surface area contributed by atoms with Crippen molar-refractivity contribution in [1.29, 1.82) is 5.26 Å². The lowest BCUT2D eigenvalue weighted by Gasteiger charge is -2.26. The molecule has 2 amide bonds. The van der Waals surface area contributed by atoms with Gasteiger partial charge in [0.1, 0.15) is 6.04 Å². The number of hydrogen-bond donors (Lipinski definition) is 1. The van der Waals surface area contributed by atoms with Gasteiger partial charge in [0.25, 0.3) is 11.8 Å². The molecule has 2 aliphatic rings. The molecule has 1 aromatic rings. The topological polar surface area (TPSA) is 89.3 Å². The number of allylic oxidation sites excluding steroid dienone is 1.